The zero-order chi connectivity index (χ0) is 12.8. The molecule has 2 bridgehead atoms. The molecule has 2 aliphatic carbocycles. The molecule has 2 fully saturated rings. The van der Waals surface area contributed by atoms with Crippen LogP contribution in [0.5, 0.6) is 0 Å². The Morgan fingerprint density at radius 1 is 1.35 bits per heavy atom. The van der Waals surface area contributed by atoms with Crippen LogP contribution >= 0.6 is 0 Å². The first-order valence-corrected chi connectivity index (χ1v) is 6.16. The monoisotopic (exact) mass is 239 g/mol. The second kappa shape index (κ2) is 3.72. The maximum atomic E-state index is 11.4. The van der Waals surface area contributed by atoms with Crippen molar-refractivity contribution in [2.24, 2.45) is 16.7 Å². The third kappa shape index (κ3) is 1.74. The van der Waals surface area contributed by atoms with Crippen LogP contribution in [0.25, 0.3) is 0 Å². The van der Waals surface area contributed by atoms with Gasteiger partial charge in [-0.3, -0.25) is 4.79 Å². The zero-order valence-electron chi connectivity index (χ0n) is 10.6. The second-order valence-electron chi connectivity index (χ2n) is 6.14. The van der Waals surface area contributed by atoms with Gasteiger partial charge in [0.1, 0.15) is 6.10 Å². The minimum atomic E-state index is -1.37. The Morgan fingerprint density at radius 3 is 2.41 bits per heavy atom. The smallest absolute Gasteiger partial charge is 0.311 e. The largest absolute Gasteiger partial charge is 0.550 e. The molecule has 0 aromatic carbocycles. The molecule has 2 saturated carbocycles. The molecule has 0 amide bonds. The molecular weight excluding hydrogens is 220 g/mol. The van der Waals surface area contributed by atoms with E-state index in [1.165, 1.54) is 6.42 Å². The van der Waals surface area contributed by atoms with Crippen molar-refractivity contribution in [1.82, 2.24) is 0 Å². The summed E-state index contributed by atoms with van der Waals surface area (Å²) in [5.74, 6) is -1.46. The number of carbonyl (C=O) groups is 2. The van der Waals surface area contributed by atoms with Crippen molar-refractivity contribution < 1.29 is 19.4 Å². The molecule has 0 radical (unpaired) electrons. The fraction of sp³-hybridized carbons (Fsp3) is 0.846. The van der Waals surface area contributed by atoms with Crippen molar-refractivity contribution in [3.05, 3.63) is 0 Å². The molecule has 2 aliphatic rings. The second-order valence-corrected chi connectivity index (χ2v) is 6.14. The van der Waals surface area contributed by atoms with Crippen LogP contribution in [0.2, 0.25) is 0 Å². The molecule has 0 aromatic heterocycles. The fourth-order valence-electron chi connectivity index (χ4n) is 3.63. The number of carbonyl (C=O) groups excluding carboxylic acids is 2. The molecule has 0 N–H and O–H groups in total. The highest BCUT2D eigenvalue weighted by Gasteiger charge is 2.62. The van der Waals surface area contributed by atoms with Crippen molar-refractivity contribution in [2.75, 3.05) is 0 Å². The lowest BCUT2D eigenvalue weighted by molar-refractivity contribution is -0.305. The summed E-state index contributed by atoms with van der Waals surface area (Å²) < 4.78 is 5.33. The van der Waals surface area contributed by atoms with Crippen LogP contribution in [-0.2, 0) is 14.3 Å². The maximum Gasteiger partial charge on any atom is 0.311 e. The van der Waals surface area contributed by atoms with Crippen molar-refractivity contribution >= 4 is 11.9 Å². The summed E-state index contributed by atoms with van der Waals surface area (Å²) in [5.41, 5.74) is 0.151. The molecule has 2 rings (SSSR count). The molecular formula is C13H19O4-. The summed E-state index contributed by atoms with van der Waals surface area (Å²) in [6, 6.07) is 0. The molecule has 0 saturated heterocycles. The van der Waals surface area contributed by atoms with Crippen molar-refractivity contribution in [3.63, 3.8) is 0 Å². The van der Waals surface area contributed by atoms with Gasteiger partial charge in [0.2, 0.25) is 0 Å². The number of hydrogen-bond acceptors (Lipinski definition) is 4. The van der Waals surface area contributed by atoms with E-state index in [1.54, 1.807) is 0 Å². The maximum absolute atomic E-state index is 11.4. The van der Waals surface area contributed by atoms with Crippen LogP contribution in [0.3, 0.4) is 0 Å². The van der Waals surface area contributed by atoms with Gasteiger partial charge in [-0.05, 0) is 30.6 Å². The number of fused-ring (bicyclic) bond motifs is 2. The zero-order valence-corrected chi connectivity index (χ0v) is 10.6. The predicted molar refractivity (Wildman–Crippen MR) is 58.7 cm³/mol. The molecule has 0 spiro atoms. The number of ether oxygens (including phenoxy) is 1. The van der Waals surface area contributed by atoms with Gasteiger partial charge < -0.3 is 14.6 Å². The van der Waals surface area contributed by atoms with Gasteiger partial charge in [0.15, 0.2) is 0 Å². The molecule has 96 valence electrons. The Balaban J connectivity index is 2.06. The van der Waals surface area contributed by atoms with Crippen LogP contribution in [0.4, 0.5) is 0 Å². The standard InChI is InChI=1S/C13H20O4/c1-12(2)8-4-5-13(12,3)9(6-8)17-11(16)7-10(14)15/h8-9H,4-7H2,1-3H3,(H,14,15)/p-1/t8-,9-,13+/m0/s1. The Hall–Kier alpha value is -1.06. The van der Waals surface area contributed by atoms with Crippen LogP contribution in [-0.4, -0.2) is 18.0 Å². The average Bonchev–Trinajstić information content (AvgIpc) is 2.49. The quantitative estimate of drug-likeness (QED) is 0.541. The Morgan fingerprint density at radius 2 is 2.00 bits per heavy atom. The third-order valence-corrected chi connectivity index (χ3v) is 5.28. The number of carboxylic acid groups (broad SMARTS) is 1. The van der Waals surface area contributed by atoms with E-state index >= 15 is 0 Å². The molecule has 0 aromatic rings. The van der Waals surface area contributed by atoms with Crippen LogP contribution in [0.15, 0.2) is 0 Å². The summed E-state index contributed by atoms with van der Waals surface area (Å²) in [5, 5.41) is 10.3. The number of hydrogen-bond donors (Lipinski definition) is 0. The van der Waals surface area contributed by atoms with Crippen molar-refractivity contribution in [3.8, 4) is 0 Å². The molecule has 17 heavy (non-hydrogen) atoms. The van der Waals surface area contributed by atoms with E-state index in [2.05, 4.69) is 20.8 Å². The van der Waals surface area contributed by atoms with Gasteiger partial charge in [0.25, 0.3) is 0 Å². The van der Waals surface area contributed by atoms with Gasteiger partial charge >= 0.3 is 5.97 Å². The number of rotatable bonds is 3. The Kier molecular flexibility index (Phi) is 2.71. The SMILES string of the molecule is CC1(C)[C@H]2CC[C@]1(C)[C@@H](OC(=O)CC(=O)[O-])C2. The summed E-state index contributed by atoms with van der Waals surface area (Å²) in [7, 11) is 0. The van der Waals surface area contributed by atoms with E-state index in [-0.39, 0.29) is 16.9 Å². The highest BCUT2D eigenvalue weighted by Crippen LogP contribution is 2.66. The van der Waals surface area contributed by atoms with Crippen LogP contribution in [0.1, 0.15) is 46.5 Å². The van der Waals surface area contributed by atoms with E-state index in [4.69, 9.17) is 4.74 Å². The van der Waals surface area contributed by atoms with Gasteiger partial charge in [0.05, 0.1) is 12.4 Å². The fourth-order valence-corrected chi connectivity index (χ4v) is 3.63. The van der Waals surface area contributed by atoms with Gasteiger partial charge in [-0.1, -0.05) is 20.8 Å². The normalized spacial score (nSPS) is 38.1. The summed E-state index contributed by atoms with van der Waals surface area (Å²) in [4.78, 5) is 21.7. The van der Waals surface area contributed by atoms with E-state index in [9.17, 15) is 14.7 Å². The minimum Gasteiger partial charge on any atom is -0.550 e. The Labute approximate surface area is 101 Å². The number of carboxylic acids is 1. The van der Waals surface area contributed by atoms with Gasteiger partial charge in [-0.15, -0.1) is 0 Å². The van der Waals surface area contributed by atoms with E-state index in [0.29, 0.717) is 5.92 Å². The van der Waals surface area contributed by atoms with Gasteiger partial charge in [0, 0.05) is 5.41 Å². The lowest BCUT2D eigenvalue weighted by atomic mass is 9.70. The summed E-state index contributed by atoms with van der Waals surface area (Å²) in [6.45, 7) is 6.59. The average molecular weight is 239 g/mol. The highest BCUT2D eigenvalue weighted by molar-refractivity contribution is 5.89. The summed E-state index contributed by atoms with van der Waals surface area (Å²) >= 11 is 0. The first-order chi connectivity index (χ1) is 7.77. The van der Waals surface area contributed by atoms with Crippen LogP contribution < -0.4 is 5.11 Å². The van der Waals surface area contributed by atoms with E-state index < -0.39 is 18.4 Å². The molecule has 0 heterocycles. The van der Waals surface area contributed by atoms with Gasteiger partial charge in [-0.25, -0.2) is 0 Å². The third-order valence-electron chi connectivity index (χ3n) is 5.28. The van der Waals surface area contributed by atoms with Gasteiger partial charge in [-0.2, -0.15) is 0 Å². The number of esters is 1. The van der Waals surface area contributed by atoms with Crippen molar-refractivity contribution in [1.29, 1.82) is 0 Å². The topological polar surface area (TPSA) is 66.4 Å². The molecule has 0 unspecified atom stereocenters. The molecule has 4 nitrogen and oxygen atoms in total. The number of aliphatic carboxylic acids is 1. The summed E-state index contributed by atoms with van der Waals surface area (Å²) in [6.07, 6.45) is 2.31. The first-order valence-electron chi connectivity index (χ1n) is 6.16. The predicted octanol–water partition coefficient (Wildman–Crippen LogP) is 0.884. The van der Waals surface area contributed by atoms with E-state index in [0.717, 1.165) is 12.8 Å². The highest BCUT2D eigenvalue weighted by atomic mass is 16.5. The molecule has 0 aliphatic heterocycles. The van der Waals surface area contributed by atoms with Crippen molar-refractivity contribution in [2.45, 2.75) is 52.6 Å². The molecule has 3 atom stereocenters. The first kappa shape index (κ1) is 12.4. The lowest BCUT2D eigenvalue weighted by Crippen LogP contribution is -2.39. The van der Waals surface area contributed by atoms with E-state index in [1.807, 2.05) is 0 Å². The Bertz CT molecular complexity index is 360. The lowest BCUT2D eigenvalue weighted by Gasteiger charge is -2.38. The van der Waals surface area contributed by atoms with Crippen LogP contribution in [0, 0.1) is 16.7 Å². The minimum absolute atomic E-state index is 0.0146. The molecule has 4 heteroatoms.